The Labute approximate surface area is 168 Å². The summed E-state index contributed by atoms with van der Waals surface area (Å²) in [6.45, 7) is 7.91. The van der Waals surface area contributed by atoms with E-state index in [2.05, 4.69) is 0 Å². The van der Waals surface area contributed by atoms with E-state index >= 15 is 0 Å². The lowest BCUT2D eigenvalue weighted by Gasteiger charge is -2.20. The molecule has 28 heavy (non-hydrogen) atoms. The zero-order valence-corrected chi connectivity index (χ0v) is 17.6. The van der Waals surface area contributed by atoms with Crippen molar-refractivity contribution in [2.75, 3.05) is 13.2 Å². The smallest absolute Gasteiger partial charge is 0.338 e. The average molecular weight is 391 g/mol. The molecule has 1 aromatic rings. The van der Waals surface area contributed by atoms with Gasteiger partial charge in [-0.1, -0.05) is 12.1 Å². The molecule has 1 unspecified atom stereocenters. The lowest BCUT2D eigenvalue weighted by atomic mass is 9.88. The Morgan fingerprint density at radius 3 is 2.32 bits per heavy atom. The maximum atomic E-state index is 12.1. The molecule has 0 radical (unpaired) electrons. The molecule has 0 saturated heterocycles. The molecule has 1 aliphatic rings. The predicted octanol–water partition coefficient (Wildman–Crippen LogP) is 4.31. The average Bonchev–Trinajstić information content (AvgIpc) is 3.37. The first-order chi connectivity index (χ1) is 13.2. The molecule has 2 rings (SSSR count). The summed E-state index contributed by atoms with van der Waals surface area (Å²) < 4.78 is 10.5. The number of rotatable bonds is 10. The van der Waals surface area contributed by atoms with Gasteiger partial charge in [-0.15, -0.1) is 0 Å². The van der Waals surface area contributed by atoms with Crippen molar-refractivity contribution in [2.24, 2.45) is 11.3 Å². The number of esters is 2. The fourth-order valence-corrected chi connectivity index (χ4v) is 3.43. The minimum absolute atomic E-state index is 0.0836. The molecular weight excluding hydrogens is 356 g/mol. The Morgan fingerprint density at radius 2 is 1.82 bits per heavy atom. The summed E-state index contributed by atoms with van der Waals surface area (Å²) in [6.07, 6.45) is 5.18. The number of benzene rings is 1. The van der Waals surface area contributed by atoms with Crippen molar-refractivity contribution >= 4 is 11.9 Å². The molecule has 0 spiro atoms. The van der Waals surface area contributed by atoms with Crippen molar-refractivity contribution in [2.45, 2.75) is 71.8 Å². The Balaban J connectivity index is 1.85. The monoisotopic (exact) mass is 390 g/mol. The van der Waals surface area contributed by atoms with Crippen molar-refractivity contribution in [1.29, 1.82) is 0 Å². The van der Waals surface area contributed by atoms with Gasteiger partial charge >= 0.3 is 11.9 Å². The number of ether oxygens (including phenoxy) is 2. The predicted molar refractivity (Wildman–Crippen MR) is 108 cm³/mol. The highest BCUT2D eigenvalue weighted by Gasteiger charge is 2.44. The number of carbonyl (C=O) groups excluding carboxylic acids is 2. The van der Waals surface area contributed by atoms with Gasteiger partial charge in [-0.25, -0.2) is 4.79 Å². The molecule has 1 saturated carbocycles. The van der Waals surface area contributed by atoms with E-state index in [-0.39, 0.29) is 29.9 Å². The second-order valence-corrected chi connectivity index (χ2v) is 8.97. The summed E-state index contributed by atoms with van der Waals surface area (Å²) in [5.41, 5.74) is 1.19. The lowest BCUT2D eigenvalue weighted by molar-refractivity contribution is -0.144. The Hall–Kier alpha value is -1.88. The molecule has 1 fully saturated rings. The topological polar surface area (TPSA) is 72.8 Å². The van der Waals surface area contributed by atoms with Crippen LogP contribution >= 0.6 is 0 Å². The van der Waals surface area contributed by atoms with Gasteiger partial charge in [0, 0.05) is 6.61 Å². The molecule has 1 aliphatic carbocycles. The molecule has 5 heteroatoms. The lowest BCUT2D eigenvalue weighted by Crippen LogP contribution is -2.23. The normalized spacial score (nSPS) is 16.3. The van der Waals surface area contributed by atoms with E-state index < -0.39 is 5.60 Å². The van der Waals surface area contributed by atoms with Gasteiger partial charge in [0.25, 0.3) is 0 Å². The van der Waals surface area contributed by atoms with Crippen LogP contribution in [0.1, 0.15) is 75.7 Å². The minimum atomic E-state index is -0.514. The van der Waals surface area contributed by atoms with E-state index in [0.29, 0.717) is 18.6 Å². The minimum Gasteiger partial charge on any atom is -0.466 e. The summed E-state index contributed by atoms with van der Waals surface area (Å²) in [5.74, 6) is -0.294. The molecule has 1 aromatic carbocycles. The van der Waals surface area contributed by atoms with E-state index in [1.807, 2.05) is 39.8 Å². The van der Waals surface area contributed by atoms with Crippen molar-refractivity contribution in [3.63, 3.8) is 0 Å². The molecule has 0 amide bonds. The van der Waals surface area contributed by atoms with Gasteiger partial charge in [-0.3, -0.25) is 4.79 Å². The summed E-state index contributed by atoms with van der Waals surface area (Å²) >= 11 is 0. The Morgan fingerprint density at radius 1 is 1.18 bits per heavy atom. The molecule has 0 bridgehead atoms. The van der Waals surface area contributed by atoms with Crippen LogP contribution in [0.2, 0.25) is 0 Å². The molecular formula is C23H34O5. The van der Waals surface area contributed by atoms with Crippen LogP contribution in [-0.4, -0.2) is 35.9 Å². The van der Waals surface area contributed by atoms with Gasteiger partial charge in [0.1, 0.15) is 5.60 Å². The van der Waals surface area contributed by atoms with E-state index in [1.54, 1.807) is 12.1 Å². The van der Waals surface area contributed by atoms with Gasteiger partial charge < -0.3 is 14.6 Å². The summed E-state index contributed by atoms with van der Waals surface area (Å²) in [5, 5.41) is 9.78. The van der Waals surface area contributed by atoms with Crippen LogP contribution in [0, 0.1) is 11.3 Å². The van der Waals surface area contributed by atoms with Crippen LogP contribution in [0.3, 0.4) is 0 Å². The highest BCUT2D eigenvalue weighted by atomic mass is 16.6. The SMILES string of the molecule is CCOC(=O)CC1(CCC(CO)Cc2ccc(C(=O)OC(C)(C)C)cc2)CC1. The van der Waals surface area contributed by atoms with Gasteiger partial charge in [-0.2, -0.15) is 0 Å². The Bertz CT molecular complexity index is 653. The van der Waals surface area contributed by atoms with Crippen molar-refractivity contribution in [1.82, 2.24) is 0 Å². The largest absolute Gasteiger partial charge is 0.466 e. The molecule has 1 atom stereocenters. The number of hydrogen-bond acceptors (Lipinski definition) is 5. The van der Waals surface area contributed by atoms with Gasteiger partial charge in [0.15, 0.2) is 0 Å². The zero-order chi connectivity index (χ0) is 20.8. The van der Waals surface area contributed by atoms with Crippen LogP contribution in [0.25, 0.3) is 0 Å². The maximum absolute atomic E-state index is 12.1. The molecule has 0 aliphatic heterocycles. The number of aliphatic hydroxyl groups excluding tert-OH is 1. The van der Waals surface area contributed by atoms with Crippen molar-refractivity contribution in [3.05, 3.63) is 35.4 Å². The first-order valence-corrected chi connectivity index (χ1v) is 10.3. The fourth-order valence-electron chi connectivity index (χ4n) is 3.43. The van der Waals surface area contributed by atoms with Crippen molar-refractivity contribution in [3.8, 4) is 0 Å². The molecule has 5 nitrogen and oxygen atoms in total. The molecule has 0 aromatic heterocycles. The summed E-state index contributed by atoms with van der Waals surface area (Å²) in [4.78, 5) is 23.9. The number of aliphatic hydroxyl groups is 1. The highest BCUT2D eigenvalue weighted by Crippen LogP contribution is 2.53. The van der Waals surface area contributed by atoms with Gasteiger partial charge in [0.05, 0.1) is 18.6 Å². The standard InChI is InChI=1S/C23H34O5/c1-5-27-20(25)15-23(12-13-23)11-10-18(16-24)14-17-6-8-19(9-7-17)21(26)28-22(2,3)4/h6-9,18,24H,5,10-16H2,1-4H3. The third kappa shape index (κ3) is 7.27. The van der Waals surface area contributed by atoms with Crippen LogP contribution < -0.4 is 0 Å². The Kier molecular flexibility index (Phi) is 7.64. The van der Waals surface area contributed by atoms with E-state index in [1.165, 1.54) is 0 Å². The fraction of sp³-hybridized carbons (Fsp3) is 0.652. The van der Waals surface area contributed by atoms with Crippen LogP contribution in [-0.2, 0) is 20.7 Å². The quantitative estimate of drug-likeness (QED) is 0.603. The van der Waals surface area contributed by atoms with Crippen LogP contribution in [0.4, 0.5) is 0 Å². The zero-order valence-electron chi connectivity index (χ0n) is 17.6. The molecule has 156 valence electrons. The second kappa shape index (κ2) is 9.55. The number of carbonyl (C=O) groups is 2. The second-order valence-electron chi connectivity index (χ2n) is 8.97. The van der Waals surface area contributed by atoms with Crippen LogP contribution in [0.15, 0.2) is 24.3 Å². The molecule has 1 N–H and O–H groups in total. The first kappa shape index (κ1) is 22.4. The summed E-state index contributed by atoms with van der Waals surface area (Å²) in [7, 11) is 0. The third-order valence-electron chi connectivity index (χ3n) is 5.24. The number of hydrogen-bond donors (Lipinski definition) is 1. The van der Waals surface area contributed by atoms with E-state index in [9.17, 15) is 14.7 Å². The van der Waals surface area contributed by atoms with Gasteiger partial charge in [-0.05, 0) is 88.8 Å². The third-order valence-corrected chi connectivity index (χ3v) is 5.24. The highest BCUT2D eigenvalue weighted by molar-refractivity contribution is 5.89. The van der Waals surface area contributed by atoms with Gasteiger partial charge in [0.2, 0.25) is 0 Å². The van der Waals surface area contributed by atoms with E-state index in [0.717, 1.165) is 37.7 Å². The summed E-state index contributed by atoms with van der Waals surface area (Å²) in [6, 6.07) is 7.41. The first-order valence-electron chi connectivity index (χ1n) is 10.3. The van der Waals surface area contributed by atoms with Crippen molar-refractivity contribution < 1.29 is 24.2 Å². The van der Waals surface area contributed by atoms with Crippen LogP contribution in [0.5, 0.6) is 0 Å². The maximum Gasteiger partial charge on any atom is 0.338 e. The van der Waals surface area contributed by atoms with E-state index in [4.69, 9.17) is 9.47 Å². The molecule has 0 heterocycles.